The van der Waals surface area contributed by atoms with Crippen molar-refractivity contribution in [1.29, 1.82) is 0 Å². The van der Waals surface area contributed by atoms with Crippen molar-refractivity contribution in [3.05, 3.63) is 58.0 Å². The van der Waals surface area contributed by atoms with Crippen LogP contribution in [-0.4, -0.2) is 14.9 Å². The predicted octanol–water partition coefficient (Wildman–Crippen LogP) is 2.87. The quantitative estimate of drug-likeness (QED) is 0.673. The molecule has 0 aliphatic rings. The third-order valence-electron chi connectivity index (χ3n) is 2.76. The van der Waals surface area contributed by atoms with Crippen LogP contribution in [0, 0.1) is 17.0 Å². The topological polar surface area (TPSA) is 81.0 Å². The van der Waals surface area contributed by atoms with E-state index in [9.17, 15) is 10.1 Å². The highest BCUT2D eigenvalue weighted by Gasteiger charge is 2.12. The summed E-state index contributed by atoms with van der Waals surface area (Å²) in [6.45, 7) is 3.75. The molecule has 6 nitrogen and oxygen atoms in total. The molecule has 2 rings (SSSR count). The summed E-state index contributed by atoms with van der Waals surface area (Å²) in [7, 11) is 0. The van der Waals surface area contributed by atoms with E-state index in [0.717, 1.165) is 11.3 Å². The van der Waals surface area contributed by atoms with Crippen LogP contribution in [-0.2, 0) is 0 Å². The molecule has 2 aromatic heterocycles. The first kappa shape index (κ1) is 12.9. The second-order valence-corrected chi connectivity index (χ2v) is 4.24. The van der Waals surface area contributed by atoms with Crippen LogP contribution in [0.25, 0.3) is 0 Å². The number of anilines is 1. The number of nitro groups is 1. The van der Waals surface area contributed by atoms with E-state index in [-0.39, 0.29) is 11.7 Å². The third kappa shape index (κ3) is 3.04. The van der Waals surface area contributed by atoms with Gasteiger partial charge in [0, 0.05) is 12.3 Å². The Morgan fingerprint density at radius 3 is 2.74 bits per heavy atom. The zero-order chi connectivity index (χ0) is 13.8. The fourth-order valence-electron chi connectivity index (χ4n) is 1.72. The van der Waals surface area contributed by atoms with E-state index >= 15 is 0 Å². The fraction of sp³-hybridized carbons (Fsp3) is 0.231. The summed E-state index contributed by atoms with van der Waals surface area (Å²) in [6.07, 6.45) is 2.98. The van der Waals surface area contributed by atoms with Crippen LogP contribution in [0.15, 0.2) is 36.7 Å². The maximum Gasteiger partial charge on any atom is 0.287 e. The van der Waals surface area contributed by atoms with Gasteiger partial charge in [-0.25, -0.2) is 4.98 Å². The molecule has 0 aliphatic carbocycles. The van der Waals surface area contributed by atoms with Gasteiger partial charge < -0.3 is 5.32 Å². The molecule has 19 heavy (non-hydrogen) atoms. The van der Waals surface area contributed by atoms with Crippen molar-refractivity contribution in [1.82, 2.24) is 9.97 Å². The maximum absolute atomic E-state index is 10.6. The lowest BCUT2D eigenvalue weighted by Crippen LogP contribution is -2.10. The molecule has 1 unspecified atom stereocenters. The van der Waals surface area contributed by atoms with Crippen LogP contribution in [0.4, 0.5) is 11.5 Å². The largest absolute Gasteiger partial charge is 0.362 e. The molecule has 0 saturated heterocycles. The van der Waals surface area contributed by atoms with Crippen LogP contribution in [0.3, 0.4) is 0 Å². The van der Waals surface area contributed by atoms with Gasteiger partial charge in [-0.15, -0.1) is 0 Å². The highest BCUT2D eigenvalue weighted by atomic mass is 16.6. The third-order valence-corrected chi connectivity index (χ3v) is 2.76. The van der Waals surface area contributed by atoms with Gasteiger partial charge in [-0.3, -0.25) is 15.1 Å². The zero-order valence-corrected chi connectivity index (χ0v) is 10.7. The summed E-state index contributed by atoms with van der Waals surface area (Å²) in [5, 5.41) is 13.8. The molecule has 6 heteroatoms. The fourth-order valence-corrected chi connectivity index (χ4v) is 1.72. The van der Waals surface area contributed by atoms with Gasteiger partial charge in [0.2, 0.25) is 0 Å². The summed E-state index contributed by atoms with van der Waals surface area (Å²) < 4.78 is 0. The summed E-state index contributed by atoms with van der Waals surface area (Å²) in [4.78, 5) is 18.5. The molecule has 0 saturated carbocycles. The lowest BCUT2D eigenvalue weighted by molar-refractivity contribution is -0.385. The smallest absolute Gasteiger partial charge is 0.287 e. The standard InChI is InChI=1S/C13H14N4O2/c1-9-7-11(17(18)19)8-15-13(9)16-10(2)12-5-3-4-6-14-12/h3-8,10H,1-2H3,(H,15,16). The van der Waals surface area contributed by atoms with E-state index < -0.39 is 4.92 Å². The van der Waals surface area contributed by atoms with Crippen LogP contribution < -0.4 is 5.32 Å². The molecular weight excluding hydrogens is 244 g/mol. The van der Waals surface area contributed by atoms with E-state index in [1.54, 1.807) is 13.1 Å². The summed E-state index contributed by atoms with van der Waals surface area (Å²) in [5.41, 5.74) is 1.62. The van der Waals surface area contributed by atoms with Crippen molar-refractivity contribution in [3.63, 3.8) is 0 Å². The molecule has 0 radical (unpaired) electrons. The van der Waals surface area contributed by atoms with Crippen molar-refractivity contribution >= 4 is 11.5 Å². The molecular formula is C13H14N4O2. The van der Waals surface area contributed by atoms with Gasteiger partial charge in [0.05, 0.1) is 16.7 Å². The van der Waals surface area contributed by atoms with Crippen LogP contribution in [0.5, 0.6) is 0 Å². The summed E-state index contributed by atoms with van der Waals surface area (Å²) in [6, 6.07) is 7.16. The summed E-state index contributed by atoms with van der Waals surface area (Å²) in [5.74, 6) is 0.628. The average Bonchev–Trinajstić information content (AvgIpc) is 2.41. The zero-order valence-electron chi connectivity index (χ0n) is 10.7. The minimum Gasteiger partial charge on any atom is -0.362 e. The number of aromatic nitrogens is 2. The van der Waals surface area contributed by atoms with E-state index in [1.807, 2.05) is 25.1 Å². The molecule has 0 aromatic carbocycles. The van der Waals surface area contributed by atoms with Crippen molar-refractivity contribution in [2.24, 2.45) is 0 Å². The van der Waals surface area contributed by atoms with Gasteiger partial charge >= 0.3 is 0 Å². The Morgan fingerprint density at radius 2 is 2.16 bits per heavy atom. The lowest BCUT2D eigenvalue weighted by atomic mass is 10.2. The Balaban J connectivity index is 2.18. The second kappa shape index (κ2) is 5.43. The number of rotatable bonds is 4. The number of nitrogens with one attached hydrogen (secondary N) is 1. The van der Waals surface area contributed by atoms with E-state index in [1.165, 1.54) is 12.3 Å². The molecule has 2 heterocycles. The molecule has 1 atom stereocenters. The first-order chi connectivity index (χ1) is 9.08. The Labute approximate surface area is 110 Å². The Morgan fingerprint density at radius 1 is 1.37 bits per heavy atom. The van der Waals surface area contributed by atoms with Crippen LogP contribution >= 0.6 is 0 Å². The summed E-state index contributed by atoms with van der Waals surface area (Å²) >= 11 is 0. The van der Waals surface area contributed by atoms with Gasteiger partial charge in [0.25, 0.3) is 5.69 Å². The van der Waals surface area contributed by atoms with Crippen molar-refractivity contribution in [2.75, 3.05) is 5.32 Å². The Bertz CT molecular complexity index is 586. The number of nitrogens with zero attached hydrogens (tertiary/aromatic N) is 3. The molecule has 0 bridgehead atoms. The number of aryl methyl sites for hydroxylation is 1. The van der Waals surface area contributed by atoms with Crippen LogP contribution in [0.1, 0.15) is 24.2 Å². The van der Waals surface area contributed by atoms with E-state index in [2.05, 4.69) is 15.3 Å². The van der Waals surface area contributed by atoms with E-state index in [4.69, 9.17) is 0 Å². The molecule has 0 aliphatic heterocycles. The number of hydrogen-bond donors (Lipinski definition) is 1. The monoisotopic (exact) mass is 258 g/mol. The van der Waals surface area contributed by atoms with Crippen LogP contribution in [0.2, 0.25) is 0 Å². The van der Waals surface area contributed by atoms with Crippen molar-refractivity contribution in [3.8, 4) is 0 Å². The molecule has 0 fully saturated rings. The van der Waals surface area contributed by atoms with Crippen molar-refractivity contribution in [2.45, 2.75) is 19.9 Å². The first-order valence-electron chi connectivity index (χ1n) is 5.86. The Hall–Kier alpha value is -2.50. The second-order valence-electron chi connectivity index (χ2n) is 4.24. The van der Waals surface area contributed by atoms with Crippen molar-refractivity contribution < 1.29 is 4.92 Å². The van der Waals surface area contributed by atoms with Gasteiger partial charge in [-0.2, -0.15) is 0 Å². The number of pyridine rings is 2. The van der Waals surface area contributed by atoms with E-state index in [0.29, 0.717) is 5.82 Å². The maximum atomic E-state index is 10.6. The van der Waals surface area contributed by atoms with Gasteiger partial charge in [-0.1, -0.05) is 6.07 Å². The molecule has 1 N–H and O–H groups in total. The minimum atomic E-state index is -0.452. The van der Waals surface area contributed by atoms with Gasteiger partial charge in [0.15, 0.2) is 0 Å². The molecule has 0 amide bonds. The molecule has 98 valence electrons. The lowest BCUT2D eigenvalue weighted by Gasteiger charge is -2.15. The first-order valence-corrected chi connectivity index (χ1v) is 5.86. The normalized spacial score (nSPS) is 11.9. The number of hydrogen-bond acceptors (Lipinski definition) is 5. The van der Waals surface area contributed by atoms with Gasteiger partial charge in [-0.05, 0) is 31.5 Å². The van der Waals surface area contributed by atoms with Gasteiger partial charge in [0.1, 0.15) is 12.0 Å². The molecule has 0 spiro atoms. The SMILES string of the molecule is Cc1cc([N+](=O)[O-])cnc1NC(C)c1ccccn1. The predicted molar refractivity (Wildman–Crippen MR) is 71.9 cm³/mol. The Kier molecular flexibility index (Phi) is 3.70. The highest BCUT2D eigenvalue weighted by Crippen LogP contribution is 2.21. The molecule has 2 aromatic rings. The minimum absolute atomic E-state index is 0.00598. The average molecular weight is 258 g/mol. The highest BCUT2D eigenvalue weighted by molar-refractivity contribution is 5.49.